The van der Waals surface area contributed by atoms with Gasteiger partial charge >= 0.3 is 0 Å². The van der Waals surface area contributed by atoms with Gasteiger partial charge in [-0.15, -0.1) is 0 Å². The standard InChI is InChI=1S/C13H18FNO3S/c1-10(16)11-4-3-7-15(9-11)19(17,18)13-6-2-5-12(14)8-13/h2,5-6,8,10-11,16H,3-4,7,9H2,1H3. The van der Waals surface area contributed by atoms with Crippen LogP contribution in [-0.2, 0) is 10.0 Å². The number of benzene rings is 1. The molecular formula is C13H18FNO3S. The van der Waals surface area contributed by atoms with Crippen LogP contribution in [0.5, 0.6) is 0 Å². The highest BCUT2D eigenvalue weighted by molar-refractivity contribution is 7.89. The fourth-order valence-corrected chi connectivity index (χ4v) is 3.93. The van der Waals surface area contributed by atoms with Crippen LogP contribution in [0.1, 0.15) is 19.8 Å². The number of nitrogens with zero attached hydrogens (tertiary/aromatic N) is 1. The molecule has 1 aromatic rings. The summed E-state index contributed by atoms with van der Waals surface area (Å²) in [5.74, 6) is -0.623. The van der Waals surface area contributed by atoms with Gasteiger partial charge in [-0.1, -0.05) is 6.07 Å². The Bertz CT molecular complexity index is 545. The molecule has 0 aromatic heterocycles. The van der Waals surface area contributed by atoms with Gasteiger partial charge in [0.1, 0.15) is 5.82 Å². The Labute approximate surface area is 112 Å². The molecule has 1 saturated heterocycles. The second-order valence-corrected chi connectivity index (χ2v) is 6.90. The predicted molar refractivity (Wildman–Crippen MR) is 69.6 cm³/mol. The minimum absolute atomic E-state index is 0.0289. The Morgan fingerprint density at radius 1 is 1.47 bits per heavy atom. The number of sulfonamides is 1. The zero-order chi connectivity index (χ0) is 14.0. The van der Waals surface area contributed by atoms with E-state index >= 15 is 0 Å². The molecule has 1 N–H and O–H groups in total. The van der Waals surface area contributed by atoms with Crippen LogP contribution in [0.15, 0.2) is 29.2 Å². The molecule has 0 aliphatic carbocycles. The van der Waals surface area contributed by atoms with Crippen molar-refractivity contribution in [3.63, 3.8) is 0 Å². The van der Waals surface area contributed by atoms with Gasteiger partial charge in [0.25, 0.3) is 0 Å². The van der Waals surface area contributed by atoms with Crippen molar-refractivity contribution < 1.29 is 17.9 Å². The summed E-state index contributed by atoms with van der Waals surface area (Å²) in [7, 11) is -3.67. The number of aliphatic hydroxyl groups excluding tert-OH is 1. The average Bonchev–Trinajstić information content (AvgIpc) is 2.39. The van der Waals surface area contributed by atoms with E-state index in [4.69, 9.17) is 0 Å². The summed E-state index contributed by atoms with van der Waals surface area (Å²) in [5, 5.41) is 9.59. The molecule has 0 bridgehead atoms. The van der Waals surface area contributed by atoms with Gasteiger partial charge in [0.15, 0.2) is 0 Å². The fraction of sp³-hybridized carbons (Fsp3) is 0.538. The number of piperidine rings is 1. The number of rotatable bonds is 3. The third-order valence-corrected chi connectivity index (χ3v) is 5.40. The SMILES string of the molecule is CC(O)C1CCCN(S(=O)(=O)c2cccc(F)c2)C1. The quantitative estimate of drug-likeness (QED) is 0.919. The van der Waals surface area contributed by atoms with Gasteiger partial charge in [-0.2, -0.15) is 4.31 Å². The highest BCUT2D eigenvalue weighted by atomic mass is 32.2. The van der Waals surface area contributed by atoms with Crippen LogP contribution in [0.4, 0.5) is 4.39 Å². The lowest BCUT2D eigenvalue weighted by Gasteiger charge is -2.33. The van der Waals surface area contributed by atoms with Crippen LogP contribution in [0.25, 0.3) is 0 Å². The zero-order valence-electron chi connectivity index (χ0n) is 10.8. The van der Waals surface area contributed by atoms with E-state index in [0.717, 1.165) is 12.5 Å². The molecule has 1 aromatic carbocycles. The van der Waals surface area contributed by atoms with Gasteiger partial charge in [-0.3, -0.25) is 0 Å². The molecule has 1 aliphatic rings. The van der Waals surface area contributed by atoms with E-state index < -0.39 is 21.9 Å². The smallest absolute Gasteiger partial charge is 0.243 e. The highest BCUT2D eigenvalue weighted by Crippen LogP contribution is 2.25. The van der Waals surface area contributed by atoms with Crippen LogP contribution in [0.2, 0.25) is 0 Å². The van der Waals surface area contributed by atoms with Crippen molar-refractivity contribution in [2.45, 2.75) is 30.8 Å². The number of halogens is 1. The summed E-state index contributed by atoms with van der Waals surface area (Å²) in [6.45, 7) is 2.38. The van der Waals surface area contributed by atoms with Crippen LogP contribution in [0.3, 0.4) is 0 Å². The Kier molecular flexibility index (Phi) is 4.23. The van der Waals surface area contributed by atoms with E-state index in [1.807, 2.05) is 0 Å². The maximum Gasteiger partial charge on any atom is 0.243 e. The molecule has 0 spiro atoms. The number of hydrogen-bond donors (Lipinski definition) is 1. The lowest BCUT2D eigenvalue weighted by Crippen LogP contribution is -2.42. The van der Waals surface area contributed by atoms with Crippen molar-refractivity contribution >= 4 is 10.0 Å². The van der Waals surface area contributed by atoms with Crippen LogP contribution in [0, 0.1) is 11.7 Å². The monoisotopic (exact) mass is 287 g/mol. The van der Waals surface area contributed by atoms with Crippen molar-refractivity contribution in [3.8, 4) is 0 Å². The van der Waals surface area contributed by atoms with E-state index in [-0.39, 0.29) is 17.4 Å². The molecule has 0 radical (unpaired) electrons. The predicted octanol–water partition coefficient (Wildman–Crippen LogP) is 1.61. The van der Waals surface area contributed by atoms with Crippen LogP contribution in [-0.4, -0.2) is 37.0 Å². The molecule has 0 amide bonds. The molecule has 2 unspecified atom stereocenters. The van der Waals surface area contributed by atoms with Crippen LogP contribution < -0.4 is 0 Å². The first-order chi connectivity index (χ1) is 8.91. The van der Waals surface area contributed by atoms with Gasteiger partial charge in [0.05, 0.1) is 11.0 Å². The van der Waals surface area contributed by atoms with E-state index in [2.05, 4.69) is 0 Å². The van der Waals surface area contributed by atoms with E-state index in [1.165, 1.54) is 22.5 Å². The minimum Gasteiger partial charge on any atom is -0.393 e. The Hall–Kier alpha value is -0.980. The molecule has 2 atom stereocenters. The molecule has 1 aliphatic heterocycles. The Balaban J connectivity index is 2.24. The topological polar surface area (TPSA) is 57.6 Å². The van der Waals surface area contributed by atoms with Crippen molar-refractivity contribution in [2.24, 2.45) is 5.92 Å². The van der Waals surface area contributed by atoms with Gasteiger partial charge in [0, 0.05) is 13.1 Å². The number of aliphatic hydroxyl groups is 1. The molecule has 0 saturated carbocycles. The highest BCUT2D eigenvalue weighted by Gasteiger charge is 2.32. The zero-order valence-corrected chi connectivity index (χ0v) is 11.6. The second-order valence-electron chi connectivity index (χ2n) is 4.96. The van der Waals surface area contributed by atoms with Crippen molar-refractivity contribution in [1.82, 2.24) is 4.31 Å². The Morgan fingerprint density at radius 3 is 2.84 bits per heavy atom. The summed E-state index contributed by atoms with van der Waals surface area (Å²) >= 11 is 0. The molecule has 2 rings (SSSR count). The molecule has 6 heteroatoms. The Morgan fingerprint density at radius 2 is 2.21 bits per heavy atom. The van der Waals surface area contributed by atoms with Crippen LogP contribution >= 0.6 is 0 Å². The summed E-state index contributed by atoms with van der Waals surface area (Å²) in [4.78, 5) is -0.0289. The molecule has 4 nitrogen and oxygen atoms in total. The first-order valence-corrected chi connectivity index (χ1v) is 7.79. The second kappa shape index (κ2) is 5.56. The van der Waals surface area contributed by atoms with E-state index in [9.17, 15) is 17.9 Å². The van der Waals surface area contributed by atoms with Gasteiger partial charge in [0.2, 0.25) is 10.0 Å². The summed E-state index contributed by atoms with van der Waals surface area (Å²) in [6.07, 6.45) is 0.988. The molecule has 106 valence electrons. The molecular weight excluding hydrogens is 269 g/mol. The maximum absolute atomic E-state index is 13.1. The molecule has 1 heterocycles. The van der Waals surface area contributed by atoms with Crippen molar-refractivity contribution in [3.05, 3.63) is 30.1 Å². The summed E-state index contributed by atoms with van der Waals surface area (Å²) < 4.78 is 39.3. The minimum atomic E-state index is -3.67. The fourth-order valence-electron chi connectivity index (χ4n) is 2.36. The number of hydrogen-bond acceptors (Lipinski definition) is 3. The third-order valence-electron chi connectivity index (χ3n) is 3.54. The van der Waals surface area contributed by atoms with Gasteiger partial charge in [-0.25, -0.2) is 12.8 Å². The summed E-state index contributed by atoms with van der Waals surface area (Å²) in [6, 6.07) is 5.03. The largest absolute Gasteiger partial charge is 0.393 e. The maximum atomic E-state index is 13.1. The van der Waals surface area contributed by atoms with Gasteiger partial charge < -0.3 is 5.11 Å². The first kappa shape index (κ1) is 14.4. The first-order valence-electron chi connectivity index (χ1n) is 6.35. The lowest BCUT2D eigenvalue weighted by atomic mass is 9.95. The normalized spacial score (nSPS) is 23.2. The van der Waals surface area contributed by atoms with E-state index in [0.29, 0.717) is 13.0 Å². The molecule has 1 fully saturated rings. The van der Waals surface area contributed by atoms with E-state index in [1.54, 1.807) is 6.92 Å². The van der Waals surface area contributed by atoms with Crippen molar-refractivity contribution in [1.29, 1.82) is 0 Å². The third kappa shape index (κ3) is 3.13. The molecule has 19 heavy (non-hydrogen) atoms. The van der Waals surface area contributed by atoms with Gasteiger partial charge in [-0.05, 0) is 43.9 Å². The van der Waals surface area contributed by atoms with Crippen molar-refractivity contribution in [2.75, 3.05) is 13.1 Å². The summed E-state index contributed by atoms with van der Waals surface area (Å²) in [5.41, 5.74) is 0. The average molecular weight is 287 g/mol. The lowest BCUT2D eigenvalue weighted by molar-refractivity contribution is 0.0885.